The highest BCUT2D eigenvalue weighted by Crippen LogP contribution is 2.28. The fourth-order valence-electron chi connectivity index (χ4n) is 2.76. The van der Waals surface area contributed by atoms with Gasteiger partial charge in [0.15, 0.2) is 0 Å². The predicted octanol–water partition coefficient (Wildman–Crippen LogP) is 1.78. The Hall–Kier alpha value is -1.47. The van der Waals surface area contributed by atoms with Gasteiger partial charge < -0.3 is 5.73 Å². The molecule has 0 bridgehead atoms. The van der Waals surface area contributed by atoms with E-state index in [1.54, 1.807) is 6.07 Å². The van der Waals surface area contributed by atoms with Crippen molar-refractivity contribution in [2.45, 2.75) is 55.4 Å². The molecule has 1 aromatic rings. The fraction of sp³-hybridized carbons (Fsp3) is 0.571. The molecule has 116 valence electrons. The van der Waals surface area contributed by atoms with Crippen molar-refractivity contribution in [2.75, 3.05) is 0 Å². The third-order valence-electron chi connectivity index (χ3n) is 4.00. The zero-order valence-corrected chi connectivity index (χ0v) is 12.8. The number of hydrogen-bond acceptors (Lipinski definition) is 4. The Morgan fingerprint density at radius 3 is 2.38 bits per heavy atom. The second-order valence-electron chi connectivity index (χ2n) is 5.56. The highest BCUT2D eigenvalue weighted by Gasteiger charge is 2.38. The van der Waals surface area contributed by atoms with Crippen molar-refractivity contribution in [1.29, 1.82) is 5.41 Å². The molecule has 0 amide bonds. The smallest absolute Gasteiger partial charge is 0.243 e. The van der Waals surface area contributed by atoms with Gasteiger partial charge in [-0.1, -0.05) is 32.1 Å². The monoisotopic (exact) mass is 310 g/mol. The molecule has 1 heterocycles. The standard InChI is InChI=1S/C14H22N4O2S/c15-13(16)14(8-4-2-1-3-5-9-14)18-21(19,20)12-7-6-10-17-11-12/h6-7,10-11,18H,1-5,8-9H2,(H3,15,16). The Balaban J connectivity index is 2.28. The van der Waals surface area contributed by atoms with Crippen LogP contribution in [0.25, 0.3) is 0 Å². The Kier molecular flexibility index (Phi) is 4.95. The zero-order valence-electron chi connectivity index (χ0n) is 12.0. The van der Waals surface area contributed by atoms with Gasteiger partial charge in [0.2, 0.25) is 10.0 Å². The van der Waals surface area contributed by atoms with Crippen LogP contribution in [0, 0.1) is 5.41 Å². The number of amidine groups is 1. The molecule has 0 radical (unpaired) electrons. The molecule has 0 aliphatic heterocycles. The molecule has 4 N–H and O–H groups in total. The van der Waals surface area contributed by atoms with Gasteiger partial charge in [0.25, 0.3) is 0 Å². The van der Waals surface area contributed by atoms with Crippen molar-refractivity contribution in [3.05, 3.63) is 24.5 Å². The molecule has 21 heavy (non-hydrogen) atoms. The Morgan fingerprint density at radius 1 is 1.24 bits per heavy atom. The van der Waals surface area contributed by atoms with Gasteiger partial charge in [-0.05, 0) is 25.0 Å². The van der Waals surface area contributed by atoms with E-state index >= 15 is 0 Å². The summed E-state index contributed by atoms with van der Waals surface area (Å²) in [6, 6.07) is 3.07. The highest BCUT2D eigenvalue weighted by atomic mass is 32.2. The fourth-order valence-corrected chi connectivity index (χ4v) is 4.16. The molecule has 0 saturated heterocycles. The van der Waals surface area contributed by atoms with Gasteiger partial charge >= 0.3 is 0 Å². The maximum absolute atomic E-state index is 12.5. The molecule has 2 rings (SSSR count). The normalized spacial score (nSPS) is 19.4. The van der Waals surface area contributed by atoms with E-state index in [-0.39, 0.29) is 10.7 Å². The number of pyridine rings is 1. The largest absolute Gasteiger partial charge is 0.386 e. The van der Waals surface area contributed by atoms with Crippen molar-refractivity contribution >= 4 is 15.9 Å². The van der Waals surface area contributed by atoms with Crippen molar-refractivity contribution in [3.8, 4) is 0 Å². The van der Waals surface area contributed by atoms with Crippen LogP contribution in [0.1, 0.15) is 44.9 Å². The summed E-state index contributed by atoms with van der Waals surface area (Å²) >= 11 is 0. The number of nitrogens with two attached hydrogens (primary N) is 1. The Bertz CT molecular complexity index is 578. The summed E-state index contributed by atoms with van der Waals surface area (Å²) in [5, 5.41) is 7.88. The molecule has 0 spiro atoms. The summed E-state index contributed by atoms with van der Waals surface area (Å²) in [5.74, 6) is -0.100. The second kappa shape index (κ2) is 6.53. The van der Waals surface area contributed by atoms with Crippen LogP contribution in [0.4, 0.5) is 0 Å². The quantitative estimate of drug-likeness (QED) is 0.581. The lowest BCUT2D eigenvalue weighted by Crippen LogP contribution is -2.57. The van der Waals surface area contributed by atoms with E-state index in [1.165, 1.54) is 18.5 Å². The van der Waals surface area contributed by atoms with Gasteiger partial charge in [0, 0.05) is 12.4 Å². The maximum Gasteiger partial charge on any atom is 0.243 e. The van der Waals surface area contributed by atoms with Crippen molar-refractivity contribution in [3.63, 3.8) is 0 Å². The lowest BCUT2D eigenvalue weighted by molar-refractivity contribution is 0.367. The highest BCUT2D eigenvalue weighted by molar-refractivity contribution is 7.89. The molecule has 1 aliphatic rings. The third-order valence-corrected chi connectivity index (χ3v) is 5.52. The van der Waals surface area contributed by atoms with Crippen molar-refractivity contribution in [2.24, 2.45) is 5.73 Å². The van der Waals surface area contributed by atoms with Crippen molar-refractivity contribution < 1.29 is 8.42 Å². The summed E-state index contributed by atoms with van der Waals surface area (Å²) in [4.78, 5) is 3.95. The molecule has 1 aromatic heterocycles. The van der Waals surface area contributed by atoms with Crippen LogP contribution in [0.5, 0.6) is 0 Å². The lowest BCUT2D eigenvalue weighted by atomic mass is 9.84. The van der Waals surface area contributed by atoms with Crippen LogP contribution in [0.3, 0.4) is 0 Å². The van der Waals surface area contributed by atoms with Crippen LogP contribution >= 0.6 is 0 Å². The molecule has 0 unspecified atom stereocenters. The molecular weight excluding hydrogens is 288 g/mol. The SMILES string of the molecule is N=C(N)C1(NS(=O)(=O)c2cccnc2)CCCCCCC1. The molecule has 0 atom stereocenters. The van der Waals surface area contributed by atoms with Crippen LogP contribution in [0.15, 0.2) is 29.4 Å². The van der Waals surface area contributed by atoms with Gasteiger partial charge in [-0.25, -0.2) is 8.42 Å². The summed E-state index contributed by atoms with van der Waals surface area (Å²) in [6.07, 6.45) is 8.96. The van der Waals surface area contributed by atoms with E-state index < -0.39 is 15.6 Å². The predicted molar refractivity (Wildman–Crippen MR) is 81.5 cm³/mol. The van der Waals surface area contributed by atoms with E-state index in [0.717, 1.165) is 32.1 Å². The number of sulfonamides is 1. The zero-order chi connectivity index (χ0) is 15.3. The Morgan fingerprint density at radius 2 is 1.86 bits per heavy atom. The van der Waals surface area contributed by atoms with E-state index in [1.807, 2.05) is 0 Å². The molecular formula is C14H22N4O2S. The lowest BCUT2D eigenvalue weighted by Gasteiger charge is -2.34. The number of nitrogens with one attached hydrogen (secondary N) is 2. The molecule has 1 fully saturated rings. The van der Waals surface area contributed by atoms with Gasteiger partial charge in [0.05, 0.1) is 5.54 Å². The Labute approximate surface area is 125 Å². The van der Waals surface area contributed by atoms with E-state index in [2.05, 4.69) is 9.71 Å². The van der Waals surface area contributed by atoms with Gasteiger partial charge in [-0.2, -0.15) is 4.72 Å². The van der Waals surface area contributed by atoms with Gasteiger partial charge in [-0.15, -0.1) is 0 Å². The minimum absolute atomic E-state index is 0.100. The van der Waals surface area contributed by atoms with Crippen LogP contribution in [-0.4, -0.2) is 24.8 Å². The minimum atomic E-state index is -3.72. The third kappa shape index (κ3) is 3.79. The molecule has 1 aliphatic carbocycles. The van der Waals surface area contributed by atoms with Crippen LogP contribution < -0.4 is 10.5 Å². The molecule has 7 heteroatoms. The number of hydrogen-bond donors (Lipinski definition) is 3. The van der Waals surface area contributed by atoms with Gasteiger partial charge in [-0.3, -0.25) is 10.4 Å². The minimum Gasteiger partial charge on any atom is -0.386 e. The molecule has 1 saturated carbocycles. The average Bonchev–Trinajstić information content (AvgIpc) is 2.42. The first-order chi connectivity index (χ1) is 9.96. The maximum atomic E-state index is 12.5. The first-order valence-electron chi connectivity index (χ1n) is 7.25. The van der Waals surface area contributed by atoms with E-state index in [4.69, 9.17) is 11.1 Å². The second-order valence-corrected chi connectivity index (χ2v) is 7.24. The first-order valence-corrected chi connectivity index (χ1v) is 8.73. The molecule has 0 aromatic carbocycles. The topological polar surface area (TPSA) is 109 Å². The summed E-state index contributed by atoms with van der Waals surface area (Å²) < 4.78 is 27.7. The average molecular weight is 310 g/mol. The van der Waals surface area contributed by atoms with Gasteiger partial charge in [0.1, 0.15) is 10.7 Å². The summed E-state index contributed by atoms with van der Waals surface area (Å²) in [7, 11) is -3.72. The number of aromatic nitrogens is 1. The van der Waals surface area contributed by atoms with E-state index in [9.17, 15) is 8.42 Å². The molecule has 6 nitrogen and oxygen atoms in total. The van der Waals surface area contributed by atoms with Crippen LogP contribution in [-0.2, 0) is 10.0 Å². The number of rotatable bonds is 4. The summed E-state index contributed by atoms with van der Waals surface area (Å²) in [6.45, 7) is 0. The van der Waals surface area contributed by atoms with E-state index in [0.29, 0.717) is 12.8 Å². The number of nitrogens with zero attached hydrogens (tertiary/aromatic N) is 1. The first kappa shape index (κ1) is 15.9. The van der Waals surface area contributed by atoms with Crippen LogP contribution in [0.2, 0.25) is 0 Å². The van der Waals surface area contributed by atoms with Crippen molar-refractivity contribution in [1.82, 2.24) is 9.71 Å². The summed E-state index contributed by atoms with van der Waals surface area (Å²) in [5.41, 5.74) is 4.79.